The van der Waals surface area contributed by atoms with E-state index in [1.54, 1.807) is 43.0 Å². The zero-order chi connectivity index (χ0) is 21.1. The number of nitrogens with one attached hydrogen (secondary N) is 1. The van der Waals surface area contributed by atoms with Crippen LogP contribution in [-0.2, 0) is 6.42 Å². The molecular formula is C24H22FN3O2. The lowest BCUT2D eigenvalue weighted by Gasteiger charge is -2.23. The van der Waals surface area contributed by atoms with Gasteiger partial charge in [-0.1, -0.05) is 12.1 Å². The quantitative estimate of drug-likeness (QED) is 0.603. The van der Waals surface area contributed by atoms with Crippen LogP contribution >= 0.6 is 0 Å². The van der Waals surface area contributed by atoms with Gasteiger partial charge < -0.3 is 9.84 Å². The summed E-state index contributed by atoms with van der Waals surface area (Å²) in [6.07, 6.45) is 5.63. The first kappa shape index (κ1) is 19.5. The first-order valence-corrected chi connectivity index (χ1v) is 9.59. The summed E-state index contributed by atoms with van der Waals surface area (Å²) in [5.74, 6) is 1.29. The summed E-state index contributed by atoms with van der Waals surface area (Å²) in [5, 5.41) is 12.1. The van der Waals surface area contributed by atoms with E-state index in [1.165, 1.54) is 12.1 Å². The summed E-state index contributed by atoms with van der Waals surface area (Å²) in [7, 11) is 0. The summed E-state index contributed by atoms with van der Waals surface area (Å²) in [6, 6.07) is 15.5. The molecule has 0 atom stereocenters. The summed E-state index contributed by atoms with van der Waals surface area (Å²) in [4.78, 5) is 4.12. The van der Waals surface area contributed by atoms with Crippen molar-refractivity contribution in [2.24, 2.45) is 4.99 Å². The maximum Gasteiger partial charge on any atom is 0.133 e. The Bertz CT molecular complexity index is 1100. The van der Waals surface area contributed by atoms with Crippen LogP contribution in [-0.4, -0.2) is 11.4 Å². The highest BCUT2D eigenvalue weighted by atomic mass is 19.1. The van der Waals surface area contributed by atoms with Crippen molar-refractivity contribution < 1.29 is 14.2 Å². The number of aromatic hydroxyl groups is 1. The molecule has 0 fully saturated rings. The molecule has 1 aliphatic heterocycles. The highest BCUT2D eigenvalue weighted by molar-refractivity contribution is 5.80. The Hall–Kier alpha value is -3.80. The third-order valence-electron chi connectivity index (χ3n) is 4.86. The van der Waals surface area contributed by atoms with Crippen LogP contribution in [0.2, 0.25) is 0 Å². The molecule has 6 heteroatoms. The van der Waals surface area contributed by atoms with Gasteiger partial charge in [-0.15, -0.1) is 0 Å². The number of aliphatic imine (C=N–C) groups is 1. The molecule has 0 aliphatic carbocycles. The molecule has 0 unspecified atom stereocenters. The number of hydrazine groups is 1. The van der Waals surface area contributed by atoms with Crippen molar-refractivity contribution in [2.45, 2.75) is 20.3 Å². The van der Waals surface area contributed by atoms with E-state index in [2.05, 4.69) is 10.4 Å². The van der Waals surface area contributed by atoms with Crippen LogP contribution in [0.25, 0.3) is 0 Å². The third kappa shape index (κ3) is 4.27. The monoisotopic (exact) mass is 403 g/mol. The predicted octanol–water partition coefficient (Wildman–Crippen LogP) is 5.36. The molecule has 30 heavy (non-hydrogen) atoms. The maximum atomic E-state index is 13.1. The molecule has 0 spiro atoms. The highest BCUT2D eigenvalue weighted by Gasteiger charge is 2.13. The van der Waals surface area contributed by atoms with Gasteiger partial charge in [0.1, 0.15) is 29.4 Å². The molecule has 0 amide bonds. The second kappa shape index (κ2) is 8.29. The van der Waals surface area contributed by atoms with E-state index < -0.39 is 0 Å². The number of benzene rings is 3. The van der Waals surface area contributed by atoms with Crippen LogP contribution in [0.3, 0.4) is 0 Å². The molecule has 0 radical (unpaired) electrons. The first-order valence-electron chi connectivity index (χ1n) is 9.59. The van der Waals surface area contributed by atoms with E-state index in [-0.39, 0.29) is 11.6 Å². The van der Waals surface area contributed by atoms with Crippen molar-refractivity contribution in [3.05, 3.63) is 95.1 Å². The fourth-order valence-corrected chi connectivity index (χ4v) is 3.37. The number of phenols is 1. The number of ether oxygens (including phenoxy) is 1. The number of anilines is 1. The fraction of sp³-hybridized carbons (Fsp3) is 0.125. The Morgan fingerprint density at radius 2 is 1.77 bits per heavy atom. The van der Waals surface area contributed by atoms with Gasteiger partial charge in [0.15, 0.2) is 0 Å². The van der Waals surface area contributed by atoms with Crippen LogP contribution in [0.1, 0.15) is 22.3 Å². The standard InChI is InChI=1S/C24H22FN3O2/c1-16-11-21(28-15-26-9-10-27-28)12-17(2)24(16)30-22-7-8-23(29)19(14-22)13-18-3-5-20(25)6-4-18/h3-12,14-15,27,29H,13H2,1-2H3. The van der Waals surface area contributed by atoms with E-state index in [9.17, 15) is 9.50 Å². The smallest absolute Gasteiger partial charge is 0.133 e. The minimum atomic E-state index is -0.281. The molecule has 3 aromatic carbocycles. The molecule has 0 saturated heterocycles. The minimum Gasteiger partial charge on any atom is -0.508 e. The Labute approximate surface area is 174 Å². The van der Waals surface area contributed by atoms with Crippen molar-refractivity contribution in [2.75, 3.05) is 5.01 Å². The molecule has 0 saturated carbocycles. The topological polar surface area (TPSA) is 57.1 Å². The zero-order valence-corrected chi connectivity index (χ0v) is 16.8. The van der Waals surface area contributed by atoms with Crippen LogP contribution in [0, 0.1) is 19.7 Å². The molecule has 0 aromatic heterocycles. The Morgan fingerprint density at radius 3 is 2.43 bits per heavy atom. The van der Waals surface area contributed by atoms with Gasteiger partial charge in [0.05, 0.1) is 5.69 Å². The van der Waals surface area contributed by atoms with Crippen molar-refractivity contribution in [1.82, 2.24) is 5.43 Å². The number of aryl methyl sites for hydroxylation is 2. The zero-order valence-electron chi connectivity index (χ0n) is 16.8. The molecule has 1 heterocycles. The average Bonchev–Trinajstić information content (AvgIpc) is 2.75. The van der Waals surface area contributed by atoms with Gasteiger partial charge in [0.2, 0.25) is 0 Å². The van der Waals surface area contributed by atoms with Gasteiger partial charge in [-0.25, -0.2) is 14.4 Å². The van der Waals surface area contributed by atoms with Gasteiger partial charge >= 0.3 is 0 Å². The third-order valence-corrected chi connectivity index (χ3v) is 4.86. The molecule has 0 bridgehead atoms. The number of halogens is 1. The van der Waals surface area contributed by atoms with E-state index in [0.717, 1.165) is 28.1 Å². The summed E-state index contributed by atoms with van der Waals surface area (Å²) >= 11 is 0. The van der Waals surface area contributed by atoms with Crippen LogP contribution in [0.5, 0.6) is 17.2 Å². The van der Waals surface area contributed by atoms with Crippen LogP contribution in [0.4, 0.5) is 10.1 Å². The molecule has 4 rings (SSSR count). The van der Waals surface area contributed by atoms with Gasteiger partial charge in [-0.3, -0.25) is 5.43 Å². The van der Waals surface area contributed by atoms with Gasteiger partial charge in [-0.05, 0) is 73.0 Å². The first-order chi connectivity index (χ1) is 14.5. The van der Waals surface area contributed by atoms with E-state index in [4.69, 9.17) is 4.74 Å². The van der Waals surface area contributed by atoms with E-state index in [0.29, 0.717) is 17.7 Å². The molecule has 5 nitrogen and oxygen atoms in total. The summed E-state index contributed by atoms with van der Waals surface area (Å²) in [5.41, 5.74) is 7.63. The second-order valence-electron chi connectivity index (χ2n) is 7.18. The summed E-state index contributed by atoms with van der Waals surface area (Å²) in [6.45, 7) is 3.98. The predicted molar refractivity (Wildman–Crippen MR) is 117 cm³/mol. The minimum absolute atomic E-state index is 0.180. The second-order valence-corrected chi connectivity index (χ2v) is 7.18. The van der Waals surface area contributed by atoms with Gasteiger partial charge in [0, 0.05) is 24.4 Å². The number of hydrogen-bond donors (Lipinski definition) is 2. The Balaban J connectivity index is 1.57. The van der Waals surface area contributed by atoms with E-state index >= 15 is 0 Å². The molecular weight excluding hydrogens is 381 g/mol. The maximum absolute atomic E-state index is 13.1. The number of rotatable bonds is 5. The molecule has 3 aromatic rings. The van der Waals surface area contributed by atoms with E-state index in [1.807, 2.05) is 37.1 Å². The Kier molecular flexibility index (Phi) is 5.39. The Morgan fingerprint density at radius 1 is 1.03 bits per heavy atom. The van der Waals surface area contributed by atoms with Crippen molar-refractivity contribution in [3.63, 3.8) is 0 Å². The number of hydrogen-bond acceptors (Lipinski definition) is 5. The number of phenolic OH excluding ortho intramolecular Hbond substituents is 1. The van der Waals surface area contributed by atoms with Crippen molar-refractivity contribution >= 4 is 12.0 Å². The average molecular weight is 403 g/mol. The van der Waals surface area contributed by atoms with Gasteiger partial charge in [0.25, 0.3) is 0 Å². The normalized spacial score (nSPS) is 12.7. The highest BCUT2D eigenvalue weighted by Crippen LogP contribution is 2.34. The van der Waals surface area contributed by atoms with Crippen molar-refractivity contribution in [1.29, 1.82) is 0 Å². The number of nitrogens with zero attached hydrogens (tertiary/aromatic N) is 2. The largest absolute Gasteiger partial charge is 0.508 e. The molecule has 1 aliphatic rings. The van der Waals surface area contributed by atoms with Crippen LogP contribution in [0.15, 0.2) is 72.0 Å². The van der Waals surface area contributed by atoms with Crippen LogP contribution < -0.4 is 15.2 Å². The van der Waals surface area contributed by atoms with Gasteiger partial charge in [-0.2, -0.15) is 0 Å². The molecule has 2 N–H and O–H groups in total. The lowest BCUT2D eigenvalue weighted by molar-refractivity contribution is 0.456. The lowest BCUT2D eigenvalue weighted by Crippen LogP contribution is -2.34. The SMILES string of the molecule is Cc1cc(N2C=NC=CN2)cc(C)c1Oc1ccc(O)c(Cc2ccc(F)cc2)c1. The molecule has 152 valence electrons. The summed E-state index contributed by atoms with van der Waals surface area (Å²) < 4.78 is 19.3. The lowest BCUT2D eigenvalue weighted by atomic mass is 10.0. The fourth-order valence-electron chi connectivity index (χ4n) is 3.37. The van der Waals surface area contributed by atoms with Crippen molar-refractivity contribution in [3.8, 4) is 17.2 Å².